The number of esters is 1. The largest absolute Gasteiger partial charge is 0.464 e. The smallest absolute Gasteiger partial charge is 0.417 e. The Morgan fingerprint density at radius 1 is 1.19 bits per heavy atom. The van der Waals surface area contributed by atoms with E-state index in [0.717, 1.165) is 13.2 Å². The summed E-state index contributed by atoms with van der Waals surface area (Å²) in [6.07, 6.45) is -4.52. The lowest BCUT2D eigenvalue weighted by molar-refractivity contribution is -0.137. The third-order valence-corrected chi connectivity index (χ3v) is 3.04. The summed E-state index contributed by atoms with van der Waals surface area (Å²) in [6.45, 7) is 0. The van der Waals surface area contributed by atoms with Gasteiger partial charge in [0.1, 0.15) is 0 Å². The number of carbonyl (C=O) groups excluding carboxylic acids is 1. The predicted octanol–water partition coefficient (Wildman–Crippen LogP) is 4.21. The Morgan fingerprint density at radius 2 is 1.86 bits per heavy atom. The maximum Gasteiger partial charge on any atom is 0.417 e. The average Bonchev–Trinajstić information content (AvgIpc) is 2.46. The maximum atomic E-state index is 13.0. The number of rotatable bonds is 2. The lowest BCUT2D eigenvalue weighted by Crippen LogP contribution is -2.09. The van der Waals surface area contributed by atoms with E-state index in [4.69, 9.17) is 11.6 Å². The number of pyridine rings is 1. The summed E-state index contributed by atoms with van der Waals surface area (Å²) in [5.41, 5.74) is -1.20. The second-order valence-electron chi connectivity index (χ2n) is 4.06. The standard InChI is InChI=1S/C14H9ClF3NO2/c1-21-13(20)12-10(15)6-7-11(19-12)8-4-2-3-5-9(8)14(16,17)18/h2-7H,1H3. The molecule has 110 valence electrons. The number of aromatic nitrogens is 1. The van der Waals surface area contributed by atoms with Crippen LogP contribution in [-0.4, -0.2) is 18.1 Å². The Morgan fingerprint density at radius 3 is 2.48 bits per heavy atom. The number of nitrogens with zero attached hydrogens (tertiary/aromatic N) is 1. The first kappa shape index (κ1) is 15.3. The first-order chi connectivity index (χ1) is 9.84. The third-order valence-electron chi connectivity index (χ3n) is 2.73. The fourth-order valence-corrected chi connectivity index (χ4v) is 1.97. The molecule has 0 saturated heterocycles. The van der Waals surface area contributed by atoms with E-state index in [2.05, 4.69) is 9.72 Å². The molecular weight excluding hydrogens is 307 g/mol. The molecule has 0 spiro atoms. The first-order valence-electron chi connectivity index (χ1n) is 5.76. The van der Waals surface area contributed by atoms with Gasteiger partial charge in [0, 0.05) is 5.56 Å². The summed E-state index contributed by atoms with van der Waals surface area (Å²) in [5, 5.41) is 0.00934. The highest BCUT2D eigenvalue weighted by Gasteiger charge is 2.33. The molecule has 2 rings (SSSR count). The van der Waals surface area contributed by atoms with Crippen LogP contribution in [-0.2, 0) is 10.9 Å². The summed E-state index contributed by atoms with van der Waals surface area (Å²) in [7, 11) is 1.14. The zero-order chi connectivity index (χ0) is 15.6. The Bertz CT molecular complexity index is 686. The summed E-state index contributed by atoms with van der Waals surface area (Å²) in [6, 6.07) is 7.59. The van der Waals surface area contributed by atoms with Crippen molar-refractivity contribution in [3.63, 3.8) is 0 Å². The van der Waals surface area contributed by atoms with E-state index in [-0.39, 0.29) is 22.0 Å². The van der Waals surface area contributed by atoms with Gasteiger partial charge >= 0.3 is 12.1 Å². The molecule has 0 radical (unpaired) electrons. The Balaban J connectivity index is 2.61. The van der Waals surface area contributed by atoms with Crippen molar-refractivity contribution in [1.82, 2.24) is 4.98 Å². The lowest BCUT2D eigenvalue weighted by Gasteiger charge is -2.13. The molecule has 0 fully saturated rings. The molecule has 0 atom stereocenters. The van der Waals surface area contributed by atoms with Crippen LogP contribution in [0.2, 0.25) is 5.02 Å². The molecule has 0 aliphatic heterocycles. The van der Waals surface area contributed by atoms with Crippen molar-refractivity contribution >= 4 is 17.6 Å². The number of ether oxygens (including phenoxy) is 1. The van der Waals surface area contributed by atoms with E-state index in [9.17, 15) is 18.0 Å². The van der Waals surface area contributed by atoms with Crippen LogP contribution in [0.25, 0.3) is 11.3 Å². The molecule has 0 aliphatic carbocycles. The van der Waals surface area contributed by atoms with Crippen molar-refractivity contribution in [2.75, 3.05) is 7.11 Å². The molecule has 7 heteroatoms. The van der Waals surface area contributed by atoms with E-state index in [1.54, 1.807) is 0 Å². The van der Waals surface area contributed by atoms with Gasteiger partial charge in [0.25, 0.3) is 0 Å². The number of alkyl halides is 3. The Labute approximate surface area is 123 Å². The van der Waals surface area contributed by atoms with Crippen LogP contribution in [0.4, 0.5) is 13.2 Å². The molecule has 0 saturated carbocycles. The zero-order valence-corrected chi connectivity index (χ0v) is 11.5. The molecule has 1 aromatic heterocycles. The van der Waals surface area contributed by atoms with E-state index < -0.39 is 17.7 Å². The molecule has 3 nitrogen and oxygen atoms in total. The molecular formula is C14H9ClF3NO2. The van der Waals surface area contributed by atoms with Gasteiger partial charge in [0.05, 0.1) is 23.4 Å². The quantitative estimate of drug-likeness (QED) is 0.779. The summed E-state index contributed by atoms with van der Waals surface area (Å²) >= 11 is 5.80. The van der Waals surface area contributed by atoms with Gasteiger partial charge in [-0.3, -0.25) is 0 Å². The van der Waals surface area contributed by atoms with Gasteiger partial charge in [-0.05, 0) is 18.2 Å². The van der Waals surface area contributed by atoms with E-state index in [1.807, 2.05) is 0 Å². The molecule has 1 heterocycles. The van der Waals surface area contributed by atoms with Crippen LogP contribution in [0.5, 0.6) is 0 Å². The average molecular weight is 316 g/mol. The number of hydrogen-bond acceptors (Lipinski definition) is 3. The Hall–Kier alpha value is -2.08. The van der Waals surface area contributed by atoms with Crippen LogP contribution < -0.4 is 0 Å². The van der Waals surface area contributed by atoms with E-state index in [0.29, 0.717) is 0 Å². The molecule has 1 aromatic carbocycles. The van der Waals surface area contributed by atoms with Crippen molar-refractivity contribution < 1.29 is 22.7 Å². The monoisotopic (exact) mass is 315 g/mol. The van der Waals surface area contributed by atoms with Gasteiger partial charge in [-0.15, -0.1) is 0 Å². The van der Waals surface area contributed by atoms with E-state index >= 15 is 0 Å². The van der Waals surface area contributed by atoms with Crippen LogP contribution in [0, 0.1) is 0 Å². The number of benzene rings is 1. The highest BCUT2D eigenvalue weighted by atomic mass is 35.5. The van der Waals surface area contributed by atoms with Crippen molar-refractivity contribution in [2.24, 2.45) is 0 Å². The van der Waals surface area contributed by atoms with Crippen LogP contribution in [0.1, 0.15) is 16.1 Å². The SMILES string of the molecule is COC(=O)c1nc(-c2ccccc2C(F)(F)F)ccc1Cl. The minimum atomic E-state index is -4.52. The van der Waals surface area contributed by atoms with Gasteiger partial charge in [0.2, 0.25) is 0 Å². The minimum absolute atomic E-state index is 0.00674. The van der Waals surface area contributed by atoms with Gasteiger partial charge in [-0.2, -0.15) is 13.2 Å². The summed E-state index contributed by atoms with van der Waals surface area (Å²) < 4.78 is 43.5. The van der Waals surface area contributed by atoms with Crippen LogP contribution in [0.3, 0.4) is 0 Å². The molecule has 0 amide bonds. The summed E-state index contributed by atoms with van der Waals surface area (Å²) in [5.74, 6) is -0.814. The van der Waals surface area contributed by atoms with Crippen molar-refractivity contribution in [2.45, 2.75) is 6.18 Å². The lowest BCUT2D eigenvalue weighted by atomic mass is 10.0. The summed E-state index contributed by atoms with van der Waals surface area (Å²) in [4.78, 5) is 15.4. The van der Waals surface area contributed by atoms with Crippen molar-refractivity contribution in [3.05, 3.63) is 52.7 Å². The Kier molecular flexibility index (Phi) is 4.18. The van der Waals surface area contributed by atoms with E-state index in [1.165, 1.54) is 30.3 Å². The number of carbonyl (C=O) groups is 1. The molecule has 21 heavy (non-hydrogen) atoms. The van der Waals surface area contributed by atoms with Crippen LogP contribution in [0.15, 0.2) is 36.4 Å². The first-order valence-corrected chi connectivity index (χ1v) is 6.14. The third kappa shape index (κ3) is 3.16. The number of halogens is 4. The highest BCUT2D eigenvalue weighted by Crippen LogP contribution is 2.36. The van der Waals surface area contributed by atoms with Crippen molar-refractivity contribution in [1.29, 1.82) is 0 Å². The number of methoxy groups -OCH3 is 1. The predicted molar refractivity (Wildman–Crippen MR) is 71.0 cm³/mol. The fraction of sp³-hybridized carbons (Fsp3) is 0.143. The van der Waals surface area contributed by atoms with Gasteiger partial charge in [-0.25, -0.2) is 9.78 Å². The normalized spacial score (nSPS) is 11.3. The highest BCUT2D eigenvalue weighted by molar-refractivity contribution is 6.33. The van der Waals surface area contributed by atoms with Crippen molar-refractivity contribution in [3.8, 4) is 11.3 Å². The van der Waals surface area contributed by atoms with Gasteiger partial charge in [0.15, 0.2) is 5.69 Å². The number of hydrogen-bond donors (Lipinski definition) is 0. The van der Waals surface area contributed by atoms with Crippen LogP contribution >= 0.6 is 11.6 Å². The molecule has 0 N–H and O–H groups in total. The fourth-order valence-electron chi connectivity index (χ4n) is 1.79. The molecule has 0 aliphatic rings. The molecule has 2 aromatic rings. The molecule has 0 unspecified atom stereocenters. The van der Waals surface area contributed by atoms with Gasteiger partial charge < -0.3 is 4.74 Å². The second-order valence-corrected chi connectivity index (χ2v) is 4.47. The second kappa shape index (κ2) is 5.73. The zero-order valence-electron chi connectivity index (χ0n) is 10.7. The topological polar surface area (TPSA) is 39.2 Å². The molecule has 0 bridgehead atoms. The minimum Gasteiger partial charge on any atom is -0.464 e. The van der Waals surface area contributed by atoms with Gasteiger partial charge in [-0.1, -0.05) is 29.8 Å². The maximum absolute atomic E-state index is 13.0.